The van der Waals surface area contributed by atoms with Gasteiger partial charge in [-0.05, 0) is 75.4 Å². The Morgan fingerprint density at radius 1 is 1.11 bits per heavy atom. The first kappa shape index (κ1) is 18.2. The monoisotopic (exact) mass is 383 g/mol. The van der Waals surface area contributed by atoms with E-state index in [0.29, 0.717) is 17.1 Å². The van der Waals surface area contributed by atoms with Crippen LogP contribution in [0.3, 0.4) is 0 Å². The lowest BCUT2D eigenvalue weighted by Gasteiger charge is -2.14. The minimum Gasteiger partial charge on any atom is -0.322 e. The molecule has 1 aromatic carbocycles. The molecule has 142 valence electrons. The van der Waals surface area contributed by atoms with Crippen molar-refractivity contribution in [2.75, 3.05) is 30.3 Å². The van der Waals surface area contributed by atoms with Crippen LogP contribution in [0.15, 0.2) is 24.3 Å². The van der Waals surface area contributed by atoms with Gasteiger partial charge in [0.15, 0.2) is 0 Å². The Hall–Kier alpha value is -2.18. The smallest absolute Gasteiger partial charge is 0.258 e. The summed E-state index contributed by atoms with van der Waals surface area (Å²) in [5.74, 6) is -0.155. The summed E-state index contributed by atoms with van der Waals surface area (Å²) >= 11 is 1.57. The molecule has 1 saturated heterocycles. The molecule has 0 saturated carbocycles. The highest BCUT2D eigenvalue weighted by Gasteiger charge is 2.28. The van der Waals surface area contributed by atoms with E-state index in [9.17, 15) is 9.59 Å². The molecule has 6 heteroatoms. The van der Waals surface area contributed by atoms with Crippen LogP contribution in [0.4, 0.5) is 10.7 Å². The van der Waals surface area contributed by atoms with Crippen molar-refractivity contribution < 1.29 is 9.59 Å². The number of likely N-dealkylation sites (tertiary alicyclic amines) is 1. The molecule has 2 aromatic rings. The average Bonchev–Trinajstić information content (AvgIpc) is 3.32. The summed E-state index contributed by atoms with van der Waals surface area (Å²) in [5, 5.41) is 6.73. The highest BCUT2D eigenvalue weighted by Crippen LogP contribution is 2.39. The van der Waals surface area contributed by atoms with Crippen molar-refractivity contribution in [3.05, 3.63) is 45.8 Å². The number of benzene rings is 1. The fourth-order valence-corrected chi connectivity index (χ4v) is 5.26. The molecule has 0 radical (unpaired) electrons. The van der Waals surface area contributed by atoms with Crippen LogP contribution in [0.5, 0.6) is 0 Å². The second kappa shape index (κ2) is 7.82. The SMILES string of the molecule is Cc1cccc(NC(=O)c2c(NC(=O)CN3CCCC3)sc3c2CCC3)c1. The molecule has 2 aliphatic rings. The summed E-state index contributed by atoms with van der Waals surface area (Å²) in [5.41, 5.74) is 3.65. The maximum absolute atomic E-state index is 13.0. The lowest BCUT2D eigenvalue weighted by atomic mass is 10.1. The van der Waals surface area contributed by atoms with Crippen LogP contribution in [-0.4, -0.2) is 36.3 Å². The van der Waals surface area contributed by atoms with E-state index in [1.165, 1.54) is 4.88 Å². The molecule has 4 rings (SSSR count). The number of thiophene rings is 1. The first-order valence-corrected chi connectivity index (χ1v) is 10.5. The second-order valence-corrected chi connectivity index (χ2v) is 8.52. The second-order valence-electron chi connectivity index (χ2n) is 7.42. The van der Waals surface area contributed by atoms with Crippen LogP contribution in [0.1, 0.15) is 45.6 Å². The molecule has 1 aliphatic heterocycles. The number of hydrogen-bond acceptors (Lipinski definition) is 4. The highest BCUT2D eigenvalue weighted by molar-refractivity contribution is 7.17. The van der Waals surface area contributed by atoms with Gasteiger partial charge in [-0.3, -0.25) is 14.5 Å². The van der Waals surface area contributed by atoms with Crippen molar-refractivity contribution in [3.8, 4) is 0 Å². The number of carbonyl (C=O) groups excluding carboxylic acids is 2. The third-order valence-corrected chi connectivity index (χ3v) is 6.45. The third-order valence-electron chi connectivity index (χ3n) is 5.24. The topological polar surface area (TPSA) is 61.4 Å². The highest BCUT2D eigenvalue weighted by atomic mass is 32.1. The summed E-state index contributed by atoms with van der Waals surface area (Å²) in [6.07, 6.45) is 5.29. The number of hydrogen-bond donors (Lipinski definition) is 2. The summed E-state index contributed by atoms with van der Waals surface area (Å²) in [6.45, 7) is 4.37. The Labute approximate surface area is 163 Å². The molecule has 0 atom stereocenters. The lowest BCUT2D eigenvalue weighted by Crippen LogP contribution is -2.31. The van der Waals surface area contributed by atoms with Crippen molar-refractivity contribution in [2.45, 2.75) is 39.0 Å². The standard InChI is InChI=1S/C21H25N3O2S/c1-14-6-4-7-15(12-14)22-20(26)19-16-8-5-9-17(16)27-21(19)23-18(25)13-24-10-2-3-11-24/h4,6-7,12H,2-3,5,8-11,13H2,1H3,(H,22,26)(H,23,25). The van der Waals surface area contributed by atoms with Crippen LogP contribution in [0.2, 0.25) is 0 Å². The van der Waals surface area contributed by atoms with E-state index in [1.54, 1.807) is 11.3 Å². The number of nitrogens with one attached hydrogen (secondary N) is 2. The minimum absolute atomic E-state index is 0.0265. The van der Waals surface area contributed by atoms with Gasteiger partial charge in [-0.25, -0.2) is 0 Å². The summed E-state index contributed by atoms with van der Waals surface area (Å²) in [7, 11) is 0. The molecule has 5 nitrogen and oxygen atoms in total. The molecule has 1 fully saturated rings. The van der Waals surface area contributed by atoms with E-state index in [-0.39, 0.29) is 11.8 Å². The molecule has 1 aromatic heterocycles. The van der Waals surface area contributed by atoms with Gasteiger partial charge in [0.25, 0.3) is 5.91 Å². The van der Waals surface area contributed by atoms with E-state index in [0.717, 1.165) is 62.0 Å². The van der Waals surface area contributed by atoms with Crippen LogP contribution in [0.25, 0.3) is 0 Å². The quantitative estimate of drug-likeness (QED) is 0.825. The first-order chi connectivity index (χ1) is 13.1. The molecule has 0 bridgehead atoms. The fourth-order valence-electron chi connectivity index (χ4n) is 3.96. The Bertz CT molecular complexity index is 868. The van der Waals surface area contributed by atoms with Crippen molar-refractivity contribution >= 4 is 33.8 Å². The van der Waals surface area contributed by atoms with Crippen molar-refractivity contribution in [1.29, 1.82) is 0 Å². The normalized spacial score (nSPS) is 16.3. The van der Waals surface area contributed by atoms with Gasteiger partial charge in [-0.2, -0.15) is 0 Å². The Kier molecular flexibility index (Phi) is 5.27. The Morgan fingerprint density at radius 3 is 2.70 bits per heavy atom. The maximum atomic E-state index is 13.0. The third kappa shape index (κ3) is 4.06. The molecule has 2 heterocycles. The molecule has 1 aliphatic carbocycles. The number of amides is 2. The predicted molar refractivity (Wildman–Crippen MR) is 110 cm³/mol. The van der Waals surface area contributed by atoms with Crippen molar-refractivity contribution in [3.63, 3.8) is 0 Å². The molecule has 0 spiro atoms. The van der Waals surface area contributed by atoms with Crippen molar-refractivity contribution in [2.24, 2.45) is 0 Å². The van der Waals surface area contributed by atoms with E-state index >= 15 is 0 Å². The van der Waals surface area contributed by atoms with Gasteiger partial charge in [0.2, 0.25) is 5.91 Å². The summed E-state index contributed by atoms with van der Waals surface area (Å²) in [6, 6.07) is 7.78. The zero-order chi connectivity index (χ0) is 18.8. The predicted octanol–water partition coefficient (Wildman–Crippen LogP) is 3.83. The minimum atomic E-state index is -0.128. The zero-order valence-electron chi connectivity index (χ0n) is 15.6. The fraction of sp³-hybridized carbons (Fsp3) is 0.429. The average molecular weight is 384 g/mol. The van der Waals surface area contributed by atoms with E-state index < -0.39 is 0 Å². The number of anilines is 2. The first-order valence-electron chi connectivity index (χ1n) is 9.65. The number of aryl methyl sites for hydroxylation is 2. The van der Waals surface area contributed by atoms with Gasteiger partial charge >= 0.3 is 0 Å². The zero-order valence-corrected chi connectivity index (χ0v) is 16.5. The number of rotatable bonds is 5. The molecular weight excluding hydrogens is 358 g/mol. The van der Waals surface area contributed by atoms with Gasteiger partial charge in [-0.1, -0.05) is 12.1 Å². The van der Waals surface area contributed by atoms with Crippen molar-refractivity contribution in [1.82, 2.24) is 4.90 Å². The largest absolute Gasteiger partial charge is 0.322 e. The molecule has 0 unspecified atom stereocenters. The van der Waals surface area contributed by atoms with Crippen LogP contribution in [0, 0.1) is 6.92 Å². The lowest BCUT2D eigenvalue weighted by molar-refractivity contribution is -0.117. The summed E-state index contributed by atoms with van der Waals surface area (Å²) < 4.78 is 0. The molecule has 2 N–H and O–H groups in total. The van der Waals surface area contributed by atoms with Gasteiger partial charge in [0, 0.05) is 10.6 Å². The van der Waals surface area contributed by atoms with Gasteiger partial charge in [0.05, 0.1) is 12.1 Å². The van der Waals surface area contributed by atoms with Crippen LogP contribution >= 0.6 is 11.3 Å². The Morgan fingerprint density at radius 2 is 1.93 bits per heavy atom. The van der Waals surface area contributed by atoms with Crippen LogP contribution in [-0.2, 0) is 17.6 Å². The van der Waals surface area contributed by atoms with Gasteiger partial charge in [0.1, 0.15) is 5.00 Å². The number of nitrogens with zero attached hydrogens (tertiary/aromatic N) is 1. The van der Waals surface area contributed by atoms with E-state index in [2.05, 4.69) is 15.5 Å². The molecule has 2 amide bonds. The number of carbonyl (C=O) groups is 2. The summed E-state index contributed by atoms with van der Waals surface area (Å²) in [4.78, 5) is 28.9. The van der Waals surface area contributed by atoms with E-state index in [4.69, 9.17) is 0 Å². The van der Waals surface area contributed by atoms with Gasteiger partial charge in [-0.15, -0.1) is 11.3 Å². The van der Waals surface area contributed by atoms with Crippen LogP contribution < -0.4 is 10.6 Å². The maximum Gasteiger partial charge on any atom is 0.258 e. The number of fused-ring (bicyclic) bond motifs is 1. The molecular formula is C21H25N3O2S. The Balaban J connectivity index is 1.53. The van der Waals surface area contributed by atoms with Gasteiger partial charge < -0.3 is 10.6 Å². The molecule has 27 heavy (non-hydrogen) atoms. The van der Waals surface area contributed by atoms with E-state index in [1.807, 2.05) is 31.2 Å².